The average Bonchev–Trinajstić information content (AvgIpc) is 2.78. The molecule has 0 heterocycles. The molecule has 60 valence electrons. The van der Waals surface area contributed by atoms with Gasteiger partial charge in [-0.3, -0.25) is 4.79 Å². The highest BCUT2D eigenvalue weighted by molar-refractivity contribution is 5.76. The summed E-state index contributed by atoms with van der Waals surface area (Å²) in [6.07, 6.45) is 4.28. The summed E-state index contributed by atoms with van der Waals surface area (Å²) in [5.41, 5.74) is 0. The molecule has 0 saturated heterocycles. The molecule has 0 aliphatic heterocycles. The molecule has 2 atom stereocenters. The zero-order valence-electron chi connectivity index (χ0n) is 6.45. The van der Waals surface area contributed by atoms with E-state index in [1.807, 2.05) is 0 Å². The summed E-state index contributed by atoms with van der Waals surface area (Å²) < 4.78 is 4.84. The molecule has 0 aromatic rings. The van der Waals surface area contributed by atoms with Crippen molar-refractivity contribution in [1.29, 1.82) is 0 Å². The highest BCUT2D eigenvalue weighted by atomic mass is 16.5. The van der Waals surface area contributed by atoms with Crippen LogP contribution in [0.3, 0.4) is 0 Å². The van der Waals surface area contributed by atoms with E-state index in [1.165, 1.54) is 0 Å². The van der Waals surface area contributed by atoms with Crippen LogP contribution in [0.2, 0.25) is 0 Å². The molecule has 1 fully saturated rings. The number of carbonyl (C=O) groups excluding carboxylic acids is 1. The Morgan fingerprint density at radius 2 is 2.36 bits per heavy atom. The van der Waals surface area contributed by atoms with Gasteiger partial charge >= 0.3 is 5.97 Å². The van der Waals surface area contributed by atoms with Crippen LogP contribution in [0.25, 0.3) is 0 Å². The van der Waals surface area contributed by atoms with Crippen LogP contribution in [-0.4, -0.2) is 12.6 Å². The lowest BCUT2D eigenvalue weighted by Gasteiger charge is -1.98. The van der Waals surface area contributed by atoms with Gasteiger partial charge < -0.3 is 4.74 Å². The molecule has 0 bridgehead atoms. The van der Waals surface area contributed by atoms with Gasteiger partial charge in [0, 0.05) is 0 Å². The summed E-state index contributed by atoms with van der Waals surface area (Å²) >= 11 is 0. The minimum Gasteiger partial charge on any atom is -0.461 e. The van der Waals surface area contributed by atoms with Gasteiger partial charge in [-0.1, -0.05) is 18.7 Å². The van der Waals surface area contributed by atoms with E-state index >= 15 is 0 Å². The number of carbonyl (C=O) groups is 1. The normalized spacial score (nSPS) is 27.3. The number of ether oxygens (including phenoxy) is 1. The van der Waals surface area contributed by atoms with Crippen LogP contribution in [0.1, 0.15) is 6.42 Å². The number of rotatable bonds is 4. The van der Waals surface area contributed by atoms with E-state index in [2.05, 4.69) is 13.2 Å². The fourth-order valence-corrected chi connectivity index (χ4v) is 0.994. The van der Waals surface area contributed by atoms with Gasteiger partial charge in [0.25, 0.3) is 0 Å². The Labute approximate surface area is 66.5 Å². The third kappa shape index (κ3) is 1.93. The zero-order valence-corrected chi connectivity index (χ0v) is 6.45. The molecule has 2 nitrogen and oxygen atoms in total. The van der Waals surface area contributed by atoms with Crippen LogP contribution in [0.15, 0.2) is 25.3 Å². The molecule has 2 unspecified atom stereocenters. The Kier molecular flexibility index (Phi) is 2.47. The molecule has 0 amide bonds. The van der Waals surface area contributed by atoms with Crippen molar-refractivity contribution >= 4 is 5.97 Å². The lowest BCUT2D eigenvalue weighted by atomic mass is 10.3. The maximum atomic E-state index is 11.0. The van der Waals surface area contributed by atoms with E-state index < -0.39 is 0 Å². The van der Waals surface area contributed by atoms with Crippen LogP contribution in [0.4, 0.5) is 0 Å². The van der Waals surface area contributed by atoms with Crippen molar-refractivity contribution in [1.82, 2.24) is 0 Å². The molecular weight excluding hydrogens is 140 g/mol. The monoisotopic (exact) mass is 152 g/mol. The van der Waals surface area contributed by atoms with Gasteiger partial charge in [-0.2, -0.15) is 0 Å². The Morgan fingerprint density at radius 3 is 2.82 bits per heavy atom. The molecule has 0 N–H and O–H groups in total. The summed E-state index contributed by atoms with van der Waals surface area (Å²) in [5.74, 6) is 0.314. The van der Waals surface area contributed by atoms with Crippen LogP contribution in [0.5, 0.6) is 0 Å². The van der Waals surface area contributed by atoms with Gasteiger partial charge in [-0.15, -0.1) is 6.58 Å². The fourth-order valence-electron chi connectivity index (χ4n) is 0.994. The molecule has 0 aromatic carbocycles. The number of esters is 1. The molecule has 0 spiro atoms. The van der Waals surface area contributed by atoms with Crippen LogP contribution < -0.4 is 0 Å². The van der Waals surface area contributed by atoms with E-state index in [-0.39, 0.29) is 11.9 Å². The van der Waals surface area contributed by atoms with Gasteiger partial charge in [0.05, 0.1) is 5.92 Å². The van der Waals surface area contributed by atoms with Crippen molar-refractivity contribution < 1.29 is 9.53 Å². The molecule has 1 aliphatic carbocycles. The van der Waals surface area contributed by atoms with Gasteiger partial charge in [0.2, 0.25) is 0 Å². The van der Waals surface area contributed by atoms with E-state index in [9.17, 15) is 4.79 Å². The van der Waals surface area contributed by atoms with Crippen molar-refractivity contribution in [3.63, 3.8) is 0 Å². The lowest BCUT2D eigenvalue weighted by Crippen LogP contribution is -2.07. The number of hydrogen-bond acceptors (Lipinski definition) is 2. The van der Waals surface area contributed by atoms with Crippen LogP contribution in [0, 0.1) is 11.8 Å². The SMILES string of the molecule is C=CCOC(=O)C1CC1C=C. The Hall–Kier alpha value is -1.05. The predicted molar refractivity (Wildman–Crippen MR) is 43.0 cm³/mol. The standard InChI is InChI=1S/C9H12O2/c1-3-5-11-9(10)8-6-7(8)4-2/h3-4,7-8H,1-2,5-6H2. The van der Waals surface area contributed by atoms with Crippen molar-refractivity contribution in [2.45, 2.75) is 6.42 Å². The molecule has 11 heavy (non-hydrogen) atoms. The van der Waals surface area contributed by atoms with E-state index in [0.717, 1.165) is 6.42 Å². The molecular formula is C9H12O2. The van der Waals surface area contributed by atoms with Gasteiger partial charge in [-0.25, -0.2) is 0 Å². The second kappa shape index (κ2) is 3.37. The van der Waals surface area contributed by atoms with Gasteiger partial charge in [0.1, 0.15) is 6.61 Å². The highest BCUT2D eigenvalue weighted by Crippen LogP contribution is 2.39. The summed E-state index contributed by atoms with van der Waals surface area (Å²) in [5, 5.41) is 0. The Morgan fingerprint density at radius 1 is 1.64 bits per heavy atom. The number of hydrogen-bond donors (Lipinski definition) is 0. The molecule has 0 aromatic heterocycles. The Balaban J connectivity index is 2.22. The largest absolute Gasteiger partial charge is 0.461 e. The van der Waals surface area contributed by atoms with E-state index in [1.54, 1.807) is 12.2 Å². The minimum absolute atomic E-state index is 0.0763. The molecule has 0 radical (unpaired) electrons. The highest BCUT2D eigenvalue weighted by Gasteiger charge is 2.41. The van der Waals surface area contributed by atoms with Crippen LogP contribution >= 0.6 is 0 Å². The maximum Gasteiger partial charge on any atom is 0.309 e. The second-order valence-corrected chi connectivity index (χ2v) is 2.66. The van der Waals surface area contributed by atoms with E-state index in [4.69, 9.17) is 4.74 Å². The average molecular weight is 152 g/mol. The zero-order chi connectivity index (χ0) is 8.27. The van der Waals surface area contributed by atoms with E-state index in [0.29, 0.717) is 12.5 Å². The van der Waals surface area contributed by atoms with Crippen molar-refractivity contribution in [3.8, 4) is 0 Å². The van der Waals surface area contributed by atoms with Crippen molar-refractivity contribution in [2.24, 2.45) is 11.8 Å². The summed E-state index contributed by atoms with van der Waals surface area (Å²) in [7, 11) is 0. The first-order valence-electron chi connectivity index (χ1n) is 3.69. The topological polar surface area (TPSA) is 26.3 Å². The maximum absolute atomic E-state index is 11.0. The quantitative estimate of drug-likeness (QED) is 0.451. The summed E-state index contributed by atoms with van der Waals surface area (Å²) in [6.45, 7) is 7.38. The van der Waals surface area contributed by atoms with Crippen molar-refractivity contribution in [3.05, 3.63) is 25.3 Å². The van der Waals surface area contributed by atoms with Crippen LogP contribution in [-0.2, 0) is 9.53 Å². The molecule has 1 aliphatic rings. The lowest BCUT2D eigenvalue weighted by molar-refractivity contribution is -0.144. The molecule has 1 saturated carbocycles. The molecule has 2 heteroatoms. The van der Waals surface area contributed by atoms with Gasteiger partial charge in [-0.05, 0) is 12.3 Å². The first-order valence-corrected chi connectivity index (χ1v) is 3.69. The minimum atomic E-state index is -0.116. The summed E-state index contributed by atoms with van der Waals surface area (Å²) in [4.78, 5) is 11.0. The molecule has 1 rings (SSSR count). The summed E-state index contributed by atoms with van der Waals surface area (Å²) in [6, 6.07) is 0. The first kappa shape index (κ1) is 8.05. The van der Waals surface area contributed by atoms with Crippen molar-refractivity contribution in [2.75, 3.05) is 6.61 Å². The first-order chi connectivity index (χ1) is 5.29. The third-order valence-electron chi connectivity index (χ3n) is 1.79. The smallest absolute Gasteiger partial charge is 0.309 e. The third-order valence-corrected chi connectivity index (χ3v) is 1.79. The predicted octanol–water partition coefficient (Wildman–Crippen LogP) is 1.54. The Bertz CT molecular complexity index is 184. The van der Waals surface area contributed by atoms with Gasteiger partial charge in [0.15, 0.2) is 0 Å². The number of allylic oxidation sites excluding steroid dienone is 1. The fraction of sp³-hybridized carbons (Fsp3) is 0.444. The second-order valence-electron chi connectivity index (χ2n) is 2.66.